The van der Waals surface area contributed by atoms with Gasteiger partial charge in [-0.25, -0.2) is 0 Å². The predicted octanol–water partition coefficient (Wildman–Crippen LogP) is 3.10. The molecule has 0 saturated carbocycles. The molecule has 0 aliphatic rings. The maximum Gasteiger partial charge on any atom is 0.176 e. The third kappa shape index (κ3) is 3.93. The van der Waals surface area contributed by atoms with Crippen molar-refractivity contribution in [3.63, 3.8) is 0 Å². The molecule has 2 aromatic rings. The van der Waals surface area contributed by atoms with Gasteiger partial charge in [0.25, 0.3) is 0 Å². The molecule has 104 valence electrons. The fourth-order valence-corrected chi connectivity index (χ4v) is 2.09. The van der Waals surface area contributed by atoms with Gasteiger partial charge in [-0.15, -0.1) is 0 Å². The van der Waals surface area contributed by atoms with Crippen LogP contribution in [0.15, 0.2) is 54.6 Å². The van der Waals surface area contributed by atoms with Crippen molar-refractivity contribution in [2.24, 2.45) is 0 Å². The molecule has 0 unspecified atom stereocenters. The van der Waals surface area contributed by atoms with E-state index in [1.54, 1.807) is 18.2 Å². The number of likely N-dealkylation sites (N-methyl/N-ethyl adjacent to an activating group) is 1. The van der Waals surface area contributed by atoms with E-state index >= 15 is 0 Å². The molecule has 0 aliphatic carbocycles. The van der Waals surface area contributed by atoms with Gasteiger partial charge in [0.15, 0.2) is 5.78 Å². The Balaban J connectivity index is 2.01. The summed E-state index contributed by atoms with van der Waals surface area (Å²) in [6, 6.07) is 16.6. The maximum atomic E-state index is 12.2. The van der Waals surface area contributed by atoms with E-state index in [1.807, 2.05) is 25.1 Å². The fourth-order valence-electron chi connectivity index (χ4n) is 2.09. The summed E-state index contributed by atoms with van der Waals surface area (Å²) in [6.45, 7) is 3.95. The highest BCUT2D eigenvalue weighted by atomic mass is 16.3. The van der Waals surface area contributed by atoms with Gasteiger partial charge in [0.2, 0.25) is 0 Å². The third-order valence-corrected chi connectivity index (χ3v) is 3.23. The van der Waals surface area contributed by atoms with Crippen LogP contribution in [0.3, 0.4) is 0 Å². The first-order valence-electron chi connectivity index (χ1n) is 6.77. The number of aromatic hydroxyl groups is 1. The normalized spacial score (nSPS) is 10.7. The molecule has 0 fully saturated rings. The highest BCUT2D eigenvalue weighted by Gasteiger charge is 2.12. The average Bonchev–Trinajstić information content (AvgIpc) is 2.47. The highest BCUT2D eigenvalue weighted by molar-refractivity contribution is 5.97. The largest absolute Gasteiger partial charge is 0.508 e. The van der Waals surface area contributed by atoms with Crippen LogP contribution in [0.5, 0.6) is 5.75 Å². The number of phenols is 1. The first kappa shape index (κ1) is 14.3. The lowest BCUT2D eigenvalue weighted by molar-refractivity contribution is 0.0929. The van der Waals surface area contributed by atoms with Gasteiger partial charge in [0, 0.05) is 12.1 Å². The van der Waals surface area contributed by atoms with Crippen molar-refractivity contribution < 1.29 is 9.90 Å². The monoisotopic (exact) mass is 269 g/mol. The van der Waals surface area contributed by atoms with Gasteiger partial charge in [-0.2, -0.15) is 0 Å². The van der Waals surface area contributed by atoms with Gasteiger partial charge in [-0.1, -0.05) is 49.4 Å². The van der Waals surface area contributed by atoms with Crippen molar-refractivity contribution in [1.29, 1.82) is 0 Å². The van der Waals surface area contributed by atoms with E-state index in [4.69, 9.17) is 0 Å². The van der Waals surface area contributed by atoms with E-state index in [0.29, 0.717) is 12.1 Å². The summed E-state index contributed by atoms with van der Waals surface area (Å²) in [7, 11) is 0. The van der Waals surface area contributed by atoms with Crippen LogP contribution in [0.25, 0.3) is 0 Å². The van der Waals surface area contributed by atoms with Gasteiger partial charge in [-0.05, 0) is 24.2 Å². The molecule has 0 aliphatic heterocycles. The summed E-state index contributed by atoms with van der Waals surface area (Å²) in [5.41, 5.74) is 1.74. The second-order valence-corrected chi connectivity index (χ2v) is 4.76. The van der Waals surface area contributed by atoms with Crippen LogP contribution >= 0.6 is 0 Å². The Labute approximate surface area is 119 Å². The lowest BCUT2D eigenvalue weighted by atomic mass is 10.1. The molecule has 3 heteroatoms. The van der Waals surface area contributed by atoms with Gasteiger partial charge < -0.3 is 5.11 Å². The Morgan fingerprint density at radius 3 is 2.50 bits per heavy atom. The number of hydrogen-bond donors (Lipinski definition) is 1. The van der Waals surface area contributed by atoms with Gasteiger partial charge in [-0.3, -0.25) is 9.69 Å². The summed E-state index contributed by atoms with van der Waals surface area (Å²) < 4.78 is 0. The van der Waals surface area contributed by atoms with Gasteiger partial charge in [0.1, 0.15) is 5.75 Å². The lowest BCUT2D eigenvalue weighted by Crippen LogP contribution is -2.29. The molecule has 0 spiro atoms. The van der Waals surface area contributed by atoms with E-state index in [-0.39, 0.29) is 11.5 Å². The molecule has 0 radical (unpaired) electrons. The minimum absolute atomic E-state index is 0.0266. The van der Waals surface area contributed by atoms with Crippen molar-refractivity contribution in [2.45, 2.75) is 13.5 Å². The number of carbonyl (C=O) groups is 1. The number of rotatable bonds is 6. The van der Waals surface area contributed by atoms with Crippen LogP contribution < -0.4 is 0 Å². The molecular weight excluding hydrogens is 250 g/mol. The van der Waals surface area contributed by atoms with Crippen molar-refractivity contribution >= 4 is 5.78 Å². The number of phenolic OH excluding ortho intramolecular Hbond substituents is 1. The molecule has 0 saturated heterocycles. The van der Waals surface area contributed by atoms with Gasteiger partial charge >= 0.3 is 0 Å². The summed E-state index contributed by atoms with van der Waals surface area (Å²) >= 11 is 0. The van der Waals surface area contributed by atoms with Crippen molar-refractivity contribution in [3.8, 4) is 5.75 Å². The summed E-state index contributed by atoms with van der Waals surface area (Å²) in [4.78, 5) is 14.3. The van der Waals surface area contributed by atoms with E-state index in [2.05, 4.69) is 17.0 Å². The SMILES string of the molecule is CCN(CC(=O)c1cccc(O)c1)Cc1ccccc1. The molecule has 0 aromatic heterocycles. The van der Waals surface area contributed by atoms with E-state index < -0.39 is 0 Å². The topological polar surface area (TPSA) is 40.5 Å². The van der Waals surface area contributed by atoms with Gasteiger partial charge in [0.05, 0.1) is 6.54 Å². The molecule has 0 atom stereocenters. The molecule has 0 amide bonds. The molecule has 3 nitrogen and oxygen atoms in total. The first-order chi connectivity index (χ1) is 9.69. The Hall–Kier alpha value is -2.13. The zero-order valence-corrected chi connectivity index (χ0v) is 11.6. The first-order valence-corrected chi connectivity index (χ1v) is 6.77. The molecular formula is C17H19NO2. The van der Waals surface area contributed by atoms with Crippen LogP contribution in [0.1, 0.15) is 22.8 Å². The third-order valence-electron chi connectivity index (χ3n) is 3.23. The zero-order chi connectivity index (χ0) is 14.4. The Morgan fingerprint density at radius 2 is 1.85 bits per heavy atom. The summed E-state index contributed by atoms with van der Waals surface area (Å²) in [6.07, 6.45) is 0. The van der Waals surface area contributed by atoms with Crippen molar-refractivity contribution in [3.05, 3.63) is 65.7 Å². The predicted molar refractivity (Wildman–Crippen MR) is 79.8 cm³/mol. The number of hydrogen-bond acceptors (Lipinski definition) is 3. The van der Waals surface area contributed by atoms with Crippen LogP contribution in [-0.2, 0) is 6.54 Å². The van der Waals surface area contributed by atoms with E-state index in [0.717, 1.165) is 13.1 Å². The maximum absolute atomic E-state index is 12.2. The Morgan fingerprint density at radius 1 is 1.10 bits per heavy atom. The minimum atomic E-state index is 0.0266. The quantitative estimate of drug-likeness (QED) is 0.819. The fraction of sp³-hybridized carbons (Fsp3) is 0.235. The molecule has 1 N–H and O–H groups in total. The van der Waals surface area contributed by atoms with Crippen molar-refractivity contribution in [1.82, 2.24) is 4.90 Å². The minimum Gasteiger partial charge on any atom is -0.508 e. The van der Waals surface area contributed by atoms with Crippen LogP contribution in [0.2, 0.25) is 0 Å². The molecule has 20 heavy (non-hydrogen) atoms. The van der Waals surface area contributed by atoms with Crippen LogP contribution in [-0.4, -0.2) is 28.9 Å². The standard InChI is InChI=1S/C17H19NO2/c1-2-18(12-14-7-4-3-5-8-14)13-17(20)15-9-6-10-16(19)11-15/h3-11,19H,2,12-13H2,1H3. The number of benzene rings is 2. The van der Waals surface area contributed by atoms with E-state index in [1.165, 1.54) is 11.6 Å². The molecule has 0 bridgehead atoms. The highest BCUT2D eigenvalue weighted by Crippen LogP contribution is 2.12. The number of ketones is 1. The summed E-state index contributed by atoms with van der Waals surface area (Å²) in [5.74, 6) is 0.153. The number of nitrogens with zero attached hydrogens (tertiary/aromatic N) is 1. The molecule has 0 heterocycles. The van der Waals surface area contributed by atoms with Crippen LogP contribution in [0.4, 0.5) is 0 Å². The number of carbonyl (C=O) groups excluding carboxylic acids is 1. The summed E-state index contributed by atoms with van der Waals surface area (Å²) in [5, 5.41) is 9.42. The van der Waals surface area contributed by atoms with Crippen molar-refractivity contribution in [2.75, 3.05) is 13.1 Å². The van der Waals surface area contributed by atoms with E-state index in [9.17, 15) is 9.90 Å². The second-order valence-electron chi connectivity index (χ2n) is 4.76. The molecule has 2 aromatic carbocycles. The number of Topliss-reactive ketones (excluding diaryl/α,β-unsaturated/α-hetero) is 1. The average molecular weight is 269 g/mol. The van der Waals surface area contributed by atoms with Crippen LogP contribution in [0, 0.1) is 0 Å². The Kier molecular flexibility index (Phi) is 4.91. The lowest BCUT2D eigenvalue weighted by Gasteiger charge is -2.19. The second kappa shape index (κ2) is 6.87. The zero-order valence-electron chi connectivity index (χ0n) is 11.6. The Bertz CT molecular complexity index is 566. The smallest absolute Gasteiger partial charge is 0.176 e. The molecule has 2 rings (SSSR count).